The number of carbonyl (C=O) groups is 4. The van der Waals surface area contributed by atoms with Crippen LogP contribution in [0.5, 0.6) is 0 Å². The summed E-state index contributed by atoms with van der Waals surface area (Å²) in [5.74, 6) is -3.82. The number of hydrogen-bond donors (Lipinski definition) is 2. The van der Waals surface area contributed by atoms with Gasteiger partial charge in [0.15, 0.2) is 12.6 Å². The van der Waals surface area contributed by atoms with Crippen LogP contribution >= 0.6 is 0 Å². The molecular weight excluding hydrogens is 274 g/mol. The third kappa shape index (κ3) is 1.38. The molecule has 2 rings (SSSR count). The van der Waals surface area contributed by atoms with E-state index in [1.54, 1.807) is 0 Å². The molecule has 2 N–H and O–H groups in total. The molecule has 2 amide bonds. The number of carbonyl (C=O) groups excluding carboxylic acids is 2. The second-order valence-corrected chi connectivity index (χ2v) is 4.82. The molecule has 0 spiro atoms. The van der Waals surface area contributed by atoms with E-state index in [-0.39, 0.29) is 17.6 Å². The number of carboxylic acids is 1. The number of aliphatic carboxylic acids is 1. The average Bonchev–Trinajstić information content (AvgIpc) is 2.79. The van der Waals surface area contributed by atoms with E-state index in [1.165, 1.54) is 14.0 Å². The topological polar surface area (TPSA) is 130 Å². The van der Waals surface area contributed by atoms with Crippen molar-refractivity contribution in [3.63, 3.8) is 0 Å². The Bertz CT molecular complexity index is 505. The van der Waals surface area contributed by atoms with Crippen LogP contribution in [0.1, 0.15) is 13.3 Å². The highest BCUT2D eigenvalue weighted by Crippen LogP contribution is 2.52. The van der Waals surface area contributed by atoms with Crippen LogP contribution in [-0.2, 0) is 23.9 Å². The number of ether oxygens (including phenoxy) is 2. The first-order chi connectivity index (χ1) is 9.26. The summed E-state index contributed by atoms with van der Waals surface area (Å²) in [4.78, 5) is 46.4. The second-order valence-electron chi connectivity index (χ2n) is 4.82. The molecule has 0 aliphatic carbocycles. The Morgan fingerprint density at radius 2 is 2.10 bits per heavy atom. The summed E-state index contributed by atoms with van der Waals surface area (Å²) in [5.41, 5.74) is -4.43. The average molecular weight is 287 g/mol. The maximum Gasteiger partial charge on any atom is 0.415 e. The second kappa shape index (κ2) is 4.25. The fourth-order valence-corrected chi connectivity index (χ4v) is 2.98. The molecule has 110 valence electrons. The Labute approximate surface area is 113 Å². The van der Waals surface area contributed by atoms with Crippen molar-refractivity contribution in [2.45, 2.75) is 30.8 Å². The molecule has 0 aromatic carbocycles. The third-order valence-electron chi connectivity index (χ3n) is 4.05. The minimum Gasteiger partial charge on any atom is -0.479 e. The lowest BCUT2D eigenvalue weighted by atomic mass is 9.77. The van der Waals surface area contributed by atoms with Gasteiger partial charge in [0.25, 0.3) is 0 Å². The van der Waals surface area contributed by atoms with Gasteiger partial charge in [-0.05, 0) is 6.92 Å². The van der Waals surface area contributed by atoms with Gasteiger partial charge in [-0.25, -0.2) is 14.5 Å². The number of hydrogen-bond acceptors (Lipinski definition) is 6. The molecule has 0 saturated carbocycles. The number of methoxy groups -OCH3 is 1. The normalized spacial score (nSPS) is 39.7. The van der Waals surface area contributed by atoms with Crippen LogP contribution in [-0.4, -0.2) is 63.9 Å². The van der Waals surface area contributed by atoms with E-state index in [4.69, 9.17) is 14.6 Å². The van der Waals surface area contributed by atoms with E-state index < -0.39 is 41.3 Å². The van der Waals surface area contributed by atoms with Crippen LogP contribution in [0.15, 0.2) is 0 Å². The molecule has 2 aliphatic heterocycles. The summed E-state index contributed by atoms with van der Waals surface area (Å²) in [6.07, 6.45) is -2.76. The Morgan fingerprint density at radius 3 is 2.50 bits per heavy atom. The summed E-state index contributed by atoms with van der Waals surface area (Å²) in [6.45, 7) is 1.24. The molecule has 0 bridgehead atoms. The van der Waals surface area contributed by atoms with Gasteiger partial charge in [-0.1, -0.05) is 0 Å². The Kier molecular flexibility index (Phi) is 3.06. The van der Waals surface area contributed by atoms with E-state index >= 15 is 0 Å². The molecule has 0 radical (unpaired) electrons. The first kappa shape index (κ1) is 14.4. The largest absolute Gasteiger partial charge is 0.479 e. The fraction of sp³-hybridized carbons (Fsp3) is 0.636. The van der Waals surface area contributed by atoms with Crippen LogP contribution in [0.2, 0.25) is 0 Å². The monoisotopic (exact) mass is 287 g/mol. The molecule has 2 saturated heterocycles. The number of nitrogens with zero attached hydrogens (tertiary/aromatic N) is 1. The molecular formula is C11H13NO8. The van der Waals surface area contributed by atoms with Gasteiger partial charge < -0.3 is 19.7 Å². The summed E-state index contributed by atoms with van der Waals surface area (Å²) in [5, 5.41) is 18.5. The lowest BCUT2D eigenvalue weighted by molar-refractivity contribution is -0.193. The fourth-order valence-electron chi connectivity index (χ4n) is 2.98. The molecule has 0 aromatic rings. The Hall–Kier alpha value is -2.00. The quantitative estimate of drug-likeness (QED) is 0.514. The Morgan fingerprint density at radius 1 is 1.50 bits per heavy atom. The minimum absolute atomic E-state index is 0.0154. The highest BCUT2D eigenvalue weighted by molar-refractivity contribution is 6.13. The molecule has 0 aromatic heterocycles. The van der Waals surface area contributed by atoms with Crippen LogP contribution in [0.4, 0.5) is 4.79 Å². The van der Waals surface area contributed by atoms with Crippen molar-refractivity contribution < 1.29 is 38.9 Å². The predicted molar refractivity (Wildman–Crippen MR) is 59.7 cm³/mol. The van der Waals surface area contributed by atoms with Gasteiger partial charge in [0, 0.05) is 13.5 Å². The summed E-state index contributed by atoms with van der Waals surface area (Å²) >= 11 is 0. The number of rotatable bonds is 3. The zero-order chi connectivity index (χ0) is 15.3. The zero-order valence-corrected chi connectivity index (χ0v) is 10.7. The van der Waals surface area contributed by atoms with Crippen molar-refractivity contribution in [3.8, 4) is 0 Å². The maximum absolute atomic E-state index is 12.2. The molecule has 4 atom stereocenters. The van der Waals surface area contributed by atoms with Crippen molar-refractivity contribution in [3.05, 3.63) is 0 Å². The summed E-state index contributed by atoms with van der Waals surface area (Å²) in [6, 6.07) is 0. The van der Waals surface area contributed by atoms with Crippen molar-refractivity contribution in [1.82, 2.24) is 4.90 Å². The van der Waals surface area contributed by atoms with E-state index in [9.17, 15) is 24.3 Å². The molecule has 2 heterocycles. The summed E-state index contributed by atoms with van der Waals surface area (Å²) < 4.78 is 10.3. The number of imide groups is 1. The highest BCUT2D eigenvalue weighted by Gasteiger charge is 2.76. The number of likely N-dealkylation sites (tertiary alicyclic amines) is 1. The van der Waals surface area contributed by atoms with Gasteiger partial charge in [0.2, 0.25) is 11.4 Å². The smallest absolute Gasteiger partial charge is 0.415 e. The van der Waals surface area contributed by atoms with E-state index in [1.807, 2.05) is 0 Å². The lowest BCUT2D eigenvalue weighted by Gasteiger charge is -2.37. The van der Waals surface area contributed by atoms with Crippen molar-refractivity contribution in [2.75, 3.05) is 7.11 Å². The maximum atomic E-state index is 12.2. The van der Waals surface area contributed by atoms with Crippen LogP contribution in [0, 0.1) is 5.92 Å². The predicted octanol–water partition coefficient (Wildman–Crippen LogP) is -0.703. The van der Waals surface area contributed by atoms with E-state index in [0.29, 0.717) is 0 Å². The minimum atomic E-state index is -2.62. The first-order valence-electron chi connectivity index (χ1n) is 5.73. The van der Waals surface area contributed by atoms with E-state index in [2.05, 4.69) is 0 Å². The highest BCUT2D eigenvalue weighted by atomic mass is 16.7. The number of aldehydes is 1. The van der Waals surface area contributed by atoms with Gasteiger partial charge in [-0.15, -0.1) is 0 Å². The van der Waals surface area contributed by atoms with Gasteiger partial charge in [-0.2, -0.15) is 0 Å². The molecule has 2 aliphatic rings. The zero-order valence-electron chi connectivity index (χ0n) is 10.7. The van der Waals surface area contributed by atoms with Crippen molar-refractivity contribution >= 4 is 24.3 Å². The molecule has 9 heteroatoms. The van der Waals surface area contributed by atoms with Gasteiger partial charge in [0.1, 0.15) is 5.60 Å². The lowest BCUT2D eigenvalue weighted by Crippen LogP contribution is -2.66. The van der Waals surface area contributed by atoms with Crippen LogP contribution in [0.3, 0.4) is 0 Å². The van der Waals surface area contributed by atoms with E-state index in [0.717, 1.165) is 0 Å². The summed E-state index contributed by atoms with van der Waals surface area (Å²) in [7, 11) is 1.30. The van der Waals surface area contributed by atoms with Crippen molar-refractivity contribution in [1.29, 1.82) is 0 Å². The molecule has 2 fully saturated rings. The van der Waals surface area contributed by atoms with Crippen molar-refractivity contribution in [2.24, 2.45) is 5.92 Å². The molecule has 3 unspecified atom stereocenters. The SMILES string of the molecule is COC1CC2C(=O)N(C(=O)O)C(C=O)(C(=O)O)[C@@]2(C)O1. The number of fused-ring (bicyclic) bond motifs is 1. The van der Waals surface area contributed by atoms with Gasteiger partial charge in [-0.3, -0.25) is 9.59 Å². The first-order valence-corrected chi connectivity index (χ1v) is 5.73. The molecule has 20 heavy (non-hydrogen) atoms. The number of carboxylic acid groups (broad SMARTS) is 2. The van der Waals surface area contributed by atoms with Crippen LogP contribution < -0.4 is 0 Å². The third-order valence-corrected chi connectivity index (χ3v) is 4.05. The Balaban J connectivity index is 2.65. The number of amides is 2. The van der Waals surface area contributed by atoms with Crippen LogP contribution in [0.25, 0.3) is 0 Å². The van der Waals surface area contributed by atoms with Gasteiger partial charge in [0.05, 0.1) is 5.92 Å². The standard InChI is InChI=1S/C11H13NO8/c1-10-5(3-6(19-2)20-10)7(14)12(9(17)18)11(10,4-13)8(15)16/h4-6H,3H2,1-2H3,(H,15,16)(H,17,18)/t5?,6?,10-,11?/m0/s1. The van der Waals surface area contributed by atoms with Gasteiger partial charge >= 0.3 is 12.1 Å². The molecule has 9 nitrogen and oxygen atoms in total.